The molecular formula is C19H14F4N4O5. The minimum atomic E-state index is -4.92. The lowest BCUT2D eigenvalue weighted by atomic mass is 10.1. The quantitative estimate of drug-likeness (QED) is 0.317. The maximum atomic E-state index is 14.3. The minimum absolute atomic E-state index is 0.00209. The Hall–Kier alpha value is -3.74. The zero-order chi connectivity index (χ0) is 22.9. The first-order valence-corrected chi connectivity index (χ1v) is 9.15. The molecule has 1 aliphatic heterocycles. The van der Waals surface area contributed by atoms with Crippen molar-refractivity contribution in [2.24, 2.45) is 0 Å². The molecule has 0 radical (unpaired) electrons. The van der Waals surface area contributed by atoms with E-state index in [4.69, 9.17) is 9.47 Å². The highest BCUT2D eigenvalue weighted by molar-refractivity contribution is 5.61. The summed E-state index contributed by atoms with van der Waals surface area (Å²) in [5.41, 5.74) is 0.646. The van der Waals surface area contributed by atoms with Crippen LogP contribution in [0.4, 0.5) is 23.4 Å². The summed E-state index contributed by atoms with van der Waals surface area (Å²) >= 11 is 0. The van der Waals surface area contributed by atoms with Crippen molar-refractivity contribution in [3.05, 3.63) is 64.2 Å². The molecule has 1 aliphatic rings. The number of imidazole rings is 1. The van der Waals surface area contributed by atoms with Crippen LogP contribution in [0.15, 0.2) is 42.6 Å². The molecule has 168 valence electrons. The highest BCUT2D eigenvalue weighted by atomic mass is 19.4. The molecule has 0 bridgehead atoms. The topological polar surface area (TPSA) is 102 Å². The molecule has 0 N–H and O–H groups in total. The fourth-order valence-corrected chi connectivity index (χ4v) is 3.07. The first-order valence-electron chi connectivity index (χ1n) is 9.15. The van der Waals surface area contributed by atoms with E-state index in [2.05, 4.69) is 14.7 Å². The molecule has 2 aromatic heterocycles. The standard InChI is InChI=1S/C19H14F4N4O5/c20-15-6-12(32-19(21,22)23)4-5-14(15)16-3-1-2-11(24-16)9-30-13-7-26-8-17(27(28)29)25-18(26)31-10-13/h1-6,8,13H,7,9-10H2/t13-/m0/s1. The third kappa shape index (κ3) is 4.94. The van der Waals surface area contributed by atoms with Gasteiger partial charge in [0.15, 0.2) is 0 Å². The van der Waals surface area contributed by atoms with Crippen molar-refractivity contribution >= 4 is 5.82 Å². The SMILES string of the molecule is O=[N+]([O-])c1cn2c(n1)OC[C@@H](OCc1cccc(-c3ccc(OC(F)(F)F)cc3F)n1)C2. The van der Waals surface area contributed by atoms with Crippen LogP contribution in [-0.2, 0) is 17.9 Å². The van der Waals surface area contributed by atoms with Crippen LogP contribution in [0.25, 0.3) is 11.3 Å². The number of aromatic nitrogens is 3. The Kier molecular flexibility index (Phi) is 5.65. The van der Waals surface area contributed by atoms with E-state index in [1.165, 1.54) is 16.8 Å². The van der Waals surface area contributed by atoms with E-state index in [1.807, 2.05) is 0 Å². The Balaban J connectivity index is 1.42. The number of alkyl halides is 3. The van der Waals surface area contributed by atoms with E-state index < -0.39 is 29.0 Å². The summed E-state index contributed by atoms with van der Waals surface area (Å²) in [4.78, 5) is 18.2. The van der Waals surface area contributed by atoms with Gasteiger partial charge < -0.3 is 24.3 Å². The number of fused-ring (bicyclic) bond motifs is 1. The maximum absolute atomic E-state index is 14.3. The van der Waals surface area contributed by atoms with Crippen molar-refractivity contribution in [1.82, 2.24) is 14.5 Å². The van der Waals surface area contributed by atoms with Gasteiger partial charge in [-0.15, -0.1) is 13.2 Å². The predicted octanol–water partition coefficient (Wildman–Crippen LogP) is 3.87. The summed E-state index contributed by atoms with van der Waals surface area (Å²) in [6.45, 7) is 0.444. The summed E-state index contributed by atoms with van der Waals surface area (Å²) < 4.78 is 67.5. The fourth-order valence-electron chi connectivity index (χ4n) is 3.07. The third-order valence-corrected chi connectivity index (χ3v) is 4.44. The van der Waals surface area contributed by atoms with Crippen molar-refractivity contribution in [1.29, 1.82) is 0 Å². The molecule has 32 heavy (non-hydrogen) atoms. The molecule has 3 aromatic rings. The number of hydrogen-bond donors (Lipinski definition) is 0. The van der Waals surface area contributed by atoms with Crippen LogP contribution < -0.4 is 9.47 Å². The first kappa shape index (κ1) is 21.5. The zero-order valence-electron chi connectivity index (χ0n) is 16.1. The molecule has 1 aromatic carbocycles. The molecule has 0 aliphatic carbocycles. The van der Waals surface area contributed by atoms with Crippen LogP contribution in [0.1, 0.15) is 5.69 Å². The van der Waals surface area contributed by atoms with Gasteiger partial charge in [0.05, 0.1) is 24.5 Å². The maximum Gasteiger partial charge on any atom is 0.573 e. The zero-order valence-corrected chi connectivity index (χ0v) is 16.1. The Morgan fingerprint density at radius 3 is 2.78 bits per heavy atom. The fraction of sp³-hybridized carbons (Fsp3) is 0.263. The lowest BCUT2D eigenvalue weighted by Gasteiger charge is -2.22. The van der Waals surface area contributed by atoms with Gasteiger partial charge in [-0.05, 0) is 29.2 Å². The van der Waals surface area contributed by atoms with Gasteiger partial charge >= 0.3 is 18.2 Å². The summed E-state index contributed by atoms with van der Waals surface area (Å²) in [5, 5.41) is 10.8. The Morgan fingerprint density at radius 1 is 1.25 bits per heavy atom. The second-order valence-corrected chi connectivity index (χ2v) is 6.74. The van der Waals surface area contributed by atoms with Crippen molar-refractivity contribution in [2.75, 3.05) is 6.61 Å². The van der Waals surface area contributed by atoms with E-state index in [-0.39, 0.29) is 42.8 Å². The van der Waals surface area contributed by atoms with Gasteiger partial charge in [-0.2, -0.15) is 0 Å². The molecular weight excluding hydrogens is 440 g/mol. The number of hydrogen-bond acceptors (Lipinski definition) is 7. The van der Waals surface area contributed by atoms with Crippen LogP contribution in [-0.4, -0.2) is 38.5 Å². The number of nitrogens with zero attached hydrogens (tertiary/aromatic N) is 4. The number of pyridine rings is 1. The monoisotopic (exact) mass is 454 g/mol. The third-order valence-electron chi connectivity index (χ3n) is 4.44. The molecule has 1 atom stereocenters. The molecule has 0 fully saturated rings. The number of ether oxygens (including phenoxy) is 3. The van der Waals surface area contributed by atoms with E-state index >= 15 is 0 Å². The van der Waals surface area contributed by atoms with Crippen LogP contribution in [0.3, 0.4) is 0 Å². The highest BCUT2D eigenvalue weighted by Crippen LogP contribution is 2.29. The molecule has 13 heteroatoms. The average Bonchev–Trinajstić information content (AvgIpc) is 3.15. The van der Waals surface area contributed by atoms with Crippen molar-refractivity contribution in [3.8, 4) is 23.0 Å². The molecule has 0 unspecified atom stereocenters. The molecule has 0 amide bonds. The summed E-state index contributed by atoms with van der Waals surface area (Å²) in [6.07, 6.45) is -4.11. The van der Waals surface area contributed by atoms with Crippen molar-refractivity contribution in [3.63, 3.8) is 0 Å². The highest BCUT2D eigenvalue weighted by Gasteiger charge is 2.31. The summed E-state index contributed by atoms with van der Waals surface area (Å²) in [6, 6.07) is 7.66. The molecule has 3 heterocycles. The Bertz CT molecular complexity index is 1150. The molecule has 4 rings (SSSR count). The summed E-state index contributed by atoms with van der Waals surface area (Å²) in [7, 11) is 0. The largest absolute Gasteiger partial charge is 0.573 e. The Morgan fingerprint density at radius 2 is 2.06 bits per heavy atom. The van der Waals surface area contributed by atoms with Crippen LogP contribution in [0.5, 0.6) is 11.8 Å². The molecule has 9 nitrogen and oxygen atoms in total. The normalized spacial score (nSPS) is 15.7. The van der Waals surface area contributed by atoms with Gasteiger partial charge in [0.2, 0.25) is 0 Å². The number of halogens is 4. The van der Waals surface area contributed by atoms with Crippen LogP contribution >= 0.6 is 0 Å². The smallest absolute Gasteiger partial charge is 0.443 e. The van der Waals surface area contributed by atoms with Gasteiger partial charge in [-0.1, -0.05) is 6.07 Å². The predicted molar refractivity (Wildman–Crippen MR) is 99.3 cm³/mol. The second kappa shape index (κ2) is 8.42. The number of rotatable bonds is 6. The van der Waals surface area contributed by atoms with Gasteiger partial charge in [-0.3, -0.25) is 9.55 Å². The number of nitro groups is 1. The number of benzene rings is 1. The van der Waals surface area contributed by atoms with Crippen LogP contribution in [0, 0.1) is 15.9 Å². The van der Waals surface area contributed by atoms with E-state index in [1.54, 1.807) is 12.1 Å². The molecule has 0 spiro atoms. The van der Waals surface area contributed by atoms with Gasteiger partial charge in [0.25, 0.3) is 0 Å². The van der Waals surface area contributed by atoms with E-state index in [0.29, 0.717) is 11.8 Å². The van der Waals surface area contributed by atoms with E-state index in [9.17, 15) is 27.7 Å². The van der Waals surface area contributed by atoms with Gasteiger partial charge in [-0.25, -0.2) is 4.39 Å². The van der Waals surface area contributed by atoms with Crippen molar-refractivity contribution in [2.45, 2.75) is 25.6 Å². The lowest BCUT2D eigenvalue weighted by molar-refractivity contribution is -0.389. The first-order chi connectivity index (χ1) is 15.2. The summed E-state index contributed by atoms with van der Waals surface area (Å²) in [5.74, 6) is -1.93. The average molecular weight is 454 g/mol. The second-order valence-electron chi connectivity index (χ2n) is 6.74. The van der Waals surface area contributed by atoms with Gasteiger partial charge in [0, 0.05) is 16.6 Å². The molecule has 0 saturated carbocycles. The lowest BCUT2D eigenvalue weighted by Crippen LogP contribution is -2.32. The molecule has 0 saturated heterocycles. The Labute approximate surface area is 177 Å². The van der Waals surface area contributed by atoms with Crippen molar-refractivity contribution < 1.29 is 36.7 Å². The van der Waals surface area contributed by atoms with E-state index in [0.717, 1.165) is 12.1 Å². The van der Waals surface area contributed by atoms with Crippen LogP contribution in [0.2, 0.25) is 0 Å². The van der Waals surface area contributed by atoms with Gasteiger partial charge in [0.1, 0.15) is 30.5 Å². The minimum Gasteiger partial charge on any atom is -0.443 e.